The summed E-state index contributed by atoms with van der Waals surface area (Å²) in [7, 11) is -8.70. The van der Waals surface area contributed by atoms with E-state index in [1.165, 1.54) is 6.07 Å². The molecule has 1 atom stereocenters. The van der Waals surface area contributed by atoms with Gasteiger partial charge in [-0.1, -0.05) is 0 Å². The minimum atomic E-state index is -4.50. The fourth-order valence-corrected chi connectivity index (χ4v) is 6.53. The fraction of sp³-hybridized carbons (Fsp3) is 0.588. The van der Waals surface area contributed by atoms with Crippen molar-refractivity contribution in [2.45, 2.75) is 42.0 Å². The van der Waals surface area contributed by atoms with Gasteiger partial charge in [0.1, 0.15) is 9.79 Å². The van der Waals surface area contributed by atoms with Gasteiger partial charge in [0.25, 0.3) is 0 Å². The molecule has 1 aliphatic rings. The van der Waals surface area contributed by atoms with Crippen LogP contribution in [0.15, 0.2) is 21.9 Å². The number of aromatic amines is 1. The molecule has 0 bridgehead atoms. The van der Waals surface area contributed by atoms with Crippen molar-refractivity contribution in [3.8, 4) is 11.4 Å². The molecule has 1 unspecified atom stereocenters. The van der Waals surface area contributed by atoms with Crippen LogP contribution in [0.1, 0.15) is 26.2 Å². The van der Waals surface area contributed by atoms with E-state index in [4.69, 9.17) is 16.6 Å². The zero-order chi connectivity index (χ0) is 23.5. The summed E-state index contributed by atoms with van der Waals surface area (Å²) in [6.07, 6.45) is 1.99. The van der Waals surface area contributed by atoms with Gasteiger partial charge in [-0.05, 0) is 61.2 Å². The molecule has 13 nitrogen and oxygen atoms in total. The molecule has 1 aromatic heterocycles. The number of nitrogens with one attached hydrogen (secondary N) is 2. The molecule has 2 heterocycles. The van der Waals surface area contributed by atoms with E-state index in [2.05, 4.69) is 25.3 Å². The van der Waals surface area contributed by atoms with E-state index in [1.807, 2.05) is 11.8 Å². The number of nitrogens with two attached hydrogens (primary N) is 3. The number of hydrogen-bond acceptors (Lipinski definition) is 10. The minimum Gasteiger partial charge on any atom is -0.371 e. The maximum absolute atomic E-state index is 12.9. The summed E-state index contributed by atoms with van der Waals surface area (Å²) in [6.45, 7) is 3.49. The molecule has 178 valence electrons. The van der Waals surface area contributed by atoms with Crippen molar-refractivity contribution in [1.82, 2.24) is 25.3 Å². The van der Waals surface area contributed by atoms with Crippen LogP contribution in [0.2, 0.25) is 0 Å². The predicted molar refractivity (Wildman–Crippen MR) is 118 cm³/mol. The highest BCUT2D eigenvalue weighted by molar-refractivity contribution is 7.92. The molecule has 2 aromatic rings. The molecule has 1 aromatic carbocycles. The SMILES string of the molecule is CC(N)C1CCN(c2ccc(S(=O)(=O)NCCCN)c(S(N)(=O)=O)c2-c2nnn[nH]2)CC1. The molecule has 0 radical (unpaired) electrons. The lowest BCUT2D eigenvalue weighted by Crippen LogP contribution is -2.40. The highest BCUT2D eigenvalue weighted by Gasteiger charge is 2.33. The zero-order valence-corrected chi connectivity index (χ0v) is 19.4. The second kappa shape index (κ2) is 9.76. The molecular formula is C17H29N9O4S2. The van der Waals surface area contributed by atoms with Crippen LogP contribution >= 0.6 is 0 Å². The summed E-state index contributed by atoms with van der Waals surface area (Å²) in [5.74, 6) is 0.336. The summed E-state index contributed by atoms with van der Waals surface area (Å²) in [4.78, 5) is 0.921. The van der Waals surface area contributed by atoms with E-state index in [1.54, 1.807) is 6.07 Å². The highest BCUT2D eigenvalue weighted by Crippen LogP contribution is 2.39. The molecule has 1 fully saturated rings. The van der Waals surface area contributed by atoms with Crippen molar-refractivity contribution >= 4 is 25.7 Å². The van der Waals surface area contributed by atoms with Crippen LogP contribution in [0.5, 0.6) is 0 Å². The molecule has 3 rings (SSSR count). The van der Waals surface area contributed by atoms with Crippen LogP contribution in [0.4, 0.5) is 5.69 Å². The molecule has 15 heteroatoms. The molecule has 0 amide bonds. The van der Waals surface area contributed by atoms with Gasteiger partial charge in [-0.25, -0.2) is 31.8 Å². The average Bonchev–Trinajstić information content (AvgIpc) is 3.27. The molecular weight excluding hydrogens is 458 g/mol. The van der Waals surface area contributed by atoms with Crippen molar-refractivity contribution in [1.29, 1.82) is 0 Å². The van der Waals surface area contributed by atoms with Gasteiger partial charge in [-0.2, -0.15) is 0 Å². The normalized spacial score (nSPS) is 16.9. The third-order valence-corrected chi connectivity index (χ3v) is 8.18. The Bertz CT molecular complexity index is 1130. The molecule has 0 spiro atoms. The lowest BCUT2D eigenvalue weighted by molar-refractivity contribution is 0.354. The summed E-state index contributed by atoms with van der Waals surface area (Å²) < 4.78 is 53.6. The Labute approximate surface area is 187 Å². The number of benzene rings is 1. The van der Waals surface area contributed by atoms with Gasteiger partial charge < -0.3 is 16.4 Å². The van der Waals surface area contributed by atoms with Crippen molar-refractivity contribution in [3.63, 3.8) is 0 Å². The lowest BCUT2D eigenvalue weighted by atomic mass is 9.90. The first-order valence-electron chi connectivity index (χ1n) is 10.2. The Morgan fingerprint density at radius 1 is 1.25 bits per heavy atom. The van der Waals surface area contributed by atoms with Crippen molar-refractivity contribution in [2.24, 2.45) is 22.5 Å². The Morgan fingerprint density at radius 3 is 2.47 bits per heavy atom. The lowest BCUT2D eigenvalue weighted by Gasteiger charge is -2.36. The van der Waals surface area contributed by atoms with Gasteiger partial charge in [-0.3, -0.25) is 0 Å². The van der Waals surface area contributed by atoms with E-state index in [9.17, 15) is 16.8 Å². The summed E-state index contributed by atoms with van der Waals surface area (Å²) in [6, 6.07) is 2.84. The van der Waals surface area contributed by atoms with E-state index >= 15 is 0 Å². The van der Waals surface area contributed by atoms with E-state index in [0.717, 1.165) is 12.8 Å². The maximum atomic E-state index is 12.9. The summed E-state index contributed by atoms with van der Waals surface area (Å²) in [5.41, 5.74) is 11.9. The van der Waals surface area contributed by atoms with E-state index in [0.29, 0.717) is 31.1 Å². The van der Waals surface area contributed by atoms with Crippen LogP contribution in [-0.4, -0.2) is 69.7 Å². The number of H-pyrrole nitrogens is 1. The number of nitrogens with zero attached hydrogens (tertiary/aromatic N) is 4. The van der Waals surface area contributed by atoms with Crippen molar-refractivity contribution in [2.75, 3.05) is 31.1 Å². The van der Waals surface area contributed by atoms with Crippen molar-refractivity contribution < 1.29 is 16.8 Å². The first-order valence-corrected chi connectivity index (χ1v) is 13.2. The van der Waals surface area contributed by atoms with E-state index < -0.39 is 29.8 Å². The van der Waals surface area contributed by atoms with Crippen LogP contribution in [0.3, 0.4) is 0 Å². The average molecular weight is 488 g/mol. The first kappa shape index (κ1) is 24.5. The largest absolute Gasteiger partial charge is 0.371 e. The number of piperidine rings is 1. The van der Waals surface area contributed by atoms with Crippen LogP contribution in [0.25, 0.3) is 11.4 Å². The number of rotatable bonds is 9. The van der Waals surface area contributed by atoms with Gasteiger partial charge in [0, 0.05) is 31.4 Å². The quantitative estimate of drug-likeness (QED) is 0.263. The number of anilines is 1. The smallest absolute Gasteiger partial charge is 0.241 e. The van der Waals surface area contributed by atoms with E-state index in [-0.39, 0.29) is 30.5 Å². The minimum absolute atomic E-state index is 0.00245. The van der Waals surface area contributed by atoms with Gasteiger partial charge in [0.15, 0.2) is 5.82 Å². The van der Waals surface area contributed by atoms with Crippen molar-refractivity contribution in [3.05, 3.63) is 12.1 Å². The molecule has 0 aliphatic carbocycles. The van der Waals surface area contributed by atoms with Crippen LogP contribution in [0, 0.1) is 5.92 Å². The van der Waals surface area contributed by atoms with Crippen LogP contribution in [-0.2, 0) is 20.0 Å². The number of tetrazole rings is 1. The Kier molecular flexibility index (Phi) is 7.46. The zero-order valence-electron chi connectivity index (χ0n) is 17.7. The van der Waals surface area contributed by atoms with Gasteiger partial charge in [-0.15, -0.1) is 5.10 Å². The third kappa shape index (κ3) is 5.24. The molecule has 1 saturated heterocycles. The highest BCUT2D eigenvalue weighted by atomic mass is 32.2. The number of aromatic nitrogens is 4. The fourth-order valence-electron chi connectivity index (χ4n) is 3.86. The second-order valence-electron chi connectivity index (χ2n) is 7.81. The predicted octanol–water partition coefficient (Wildman–Crippen LogP) is -1.30. The Hall–Kier alpha value is -2.17. The molecule has 1 aliphatic heterocycles. The molecule has 32 heavy (non-hydrogen) atoms. The first-order chi connectivity index (χ1) is 15.1. The summed E-state index contributed by atoms with van der Waals surface area (Å²) >= 11 is 0. The van der Waals surface area contributed by atoms with Gasteiger partial charge in [0.2, 0.25) is 20.0 Å². The Morgan fingerprint density at radius 2 is 1.94 bits per heavy atom. The molecule has 8 N–H and O–H groups in total. The Balaban J connectivity index is 2.17. The third-order valence-electron chi connectivity index (χ3n) is 5.55. The second-order valence-corrected chi connectivity index (χ2v) is 11.0. The number of sulfonamides is 2. The topological polar surface area (TPSA) is 216 Å². The standard InChI is InChI=1S/C17H29N9O4S2/c1-11(19)12-5-9-26(10-6-12)13-3-4-14(32(29,30)21-8-2-7-18)16(31(20,27)28)15(13)17-22-24-25-23-17/h3-4,11-12,21H,2,5-10,18-19H2,1H3,(H2,20,27,28)(H,22,23,24,25). The van der Waals surface area contributed by atoms with Gasteiger partial charge >= 0.3 is 0 Å². The molecule has 0 saturated carbocycles. The maximum Gasteiger partial charge on any atom is 0.241 e. The number of primary sulfonamides is 1. The summed E-state index contributed by atoms with van der Waals surface area (Å²) in [5, 5.41) is 18.9. The van der Waals surface area contributed by atoms with Crippen LogP contribution < -0.4 is 26.2 Å². The van der Waals surface area contributed by atoms with Gasteiger partial charge in [0.05, 0.1) is 5.56 Å². The number of hydrogen-bond donors (Lipinski definition) is 5. The monoisotopic (exact) mass is 487 g/mol.